The highest BCUT2D eigenvalue weighted by Gasteiger charge is 2.23. The first kappa shape index (κ1) is 19.9. The highest BCUT2D eigenvalue weighted by molar-refractivity contribution is 6.30. The number of benzene rings is 2. The molecule has 27 heavy (non-hydrogen) atoms. The first-order valence-corrected chi connectivity index (χ1v) is 9.95. The molecule has 0 spiro atoms. The Morgan fingerprint density at radius 2 is 1.70 bits per heavy atom. The lowest BCUT2D eigenvalue weighted by atomic mass is 10.0. The first-order chi connectivity index (χ1) is 13.2. The van der Waals surface area contributed by atoms with Crippen LogP contribution in [0.25, 0.3) is 0 Å². The Hall–Kier alpha value is -1.88. The van der Waals surface area contributed by atoms with Gasteiger partial charge in [-0.2, -0.15) is 0 Å². The summed E-state index contributed by atoms with van der Waals surface area (Å²) in [6, 6.07) is 16.3. The molecule has 1 unspecified atom stereocenters. The van der Waals surface area contributed by atoms with Crippen molar-refractivity contribution in [1.29, 1.82) is 0 Å². The van der Waals surface area contributed by atoms with Gasteiger partial charge in [0.2, 0.25) is 5.91 Å². The number of carbonyl (C=O) groups excluding carboxylic acids is 1. The van der Waals surface area contributed by atoms with Gasteiger partial charge in [-0.25, -0.2) is 0 Å². The van der Waals surface area contributed by atoms with E-state index in [9.17, 15) is 4.79 Å². The Morgan fingerprint density at radius 1 is 1.07 bits per heavy atom. The van der Waals surface area contributed by atoms with Crippen LogP contribution >= 0.6 is 11.6 Å². The van der Waals surface area contributed by atoms with Gasteiger partial charge in [0.25, 0.3) is 0 Å². The predicted octanol–water partition coefficient (Wildman–Crippen LogP) is 3.63. The maximum Gasteiger partial charge on any atom is 0.224 e. The Balaban J connectivity index is 1.64. The summed E-state index contributed by atoms with van der Waals surface area (Å²) in [4.78, 5) is 14.8. The first-order valence-electron chi connectivity index (χ1n) is 9.57. The van der Waals surface area contributed by atoms with Gasteiger partial charge in [-0.3, -0.25) is 9.69 Å². The molecule has 3 rings (SSSR count). The average molecular weight is 387 g/mol. The van der Waals surface area contributed by atoms with Gasteiger partial charge < -0.3 is 10.1 Å². The molecule has 1 heterocycles. The smallest absolute Gasteiger partial charge is 0.224 e. The highest BCUT2D eigenvalue weighted by atomic mass is 35.5. The number of nitrogens with zero attached hydrogens (tertiary/aromatic N) is 1. The third-order valence-corrected chi connectivity index (χ3v) is 5.28. The zero-order valence-electron chi connectivity index (χ0n) is 15.8. The zero-order valence-corrected chi connectivity index (χ0v) is 16.5. The van der Waals surface area contributed by atoms with E-state index in [4.69, 9.17) is 16.3 Å². The van der Waals surface area contributed by atoms with Crippen molar-refractivity contribution in [3.63, 3.8) is 0 Å². The summed E-state index contributed by atoms with van der Waals surface area (Å²) in [6.45, 7) is 5.99. The molecular weight excluding hydrogens is 360 g/mol. The molecule has 144 valence electrons. The number of hydrogen-bond acceptors (Lipinski definition) is 3. The lowest BCUT2D eigenvalue weighted by Crippen LogP contribution is -2.44. The molecule has 0 aromatic heterocycles. The molecule has 1 aliphatic rings. The lowest BCUT2D eigenvalue weighted by Gasteiger charge is -2.35. The molecule has 1 saturated heterocycles. The molecule has 1 atom stereocenters. The van der Waals surface area contributed by atoms with Crippen molar-refractivity contribution >= 4 is 17.5 Å². The van der Waals surface area contributed by atoms with Gasteiger partial charge in [0.1, 0.15) is 0 Å². The van der Waals surface area contributed by atoms with E-state index in [1.54, 1.807) is 0 Å². The summed E-state index contributed by atoms with van der Waals surface area (Å²) < 4.78 is 5.50. The van der Waals surface area contributed by atoms with Gasteiger partial charge in [0.05, 0.1) is 25.7 Å². The number of halogens is 1. The maximum absolute atomic E-state index is 12.4. The Morgan fingerprint density at radius 3 is 2.33 bits per heavy atom. The molecule has 1 amide bonds. The second-order valence-corrected chi connectivity index (χ2v) is 7.30. The van der Waals surface area contributed by atoms with Crippen LogP contribution in [0.15, 0.2) is 48.5 Å². The molecule has 1 aliphatic heterocycles. The minimum absolute atomic E-state index is 0.0285. The third-order valence-electron chi connectivity index (χ3n) is 5.03. The van der Waals surface area contributed by atoms with Crippen molar-refractivity contribution in [1.82, 2.24) is 10.2 Å². The number of nitrogens with one attached hydrogen (secondary N) is 1. The summed E-state index contributed by atoms with van der Waals surface area (Å²) in [5.41, 5.74) is 3.53. The largest absolute Gasteiger partial charge is 0.379 e. The predicted molar refractivity (Wildman–Crippen MR) is 109 cm³/mol. The second kappa shape index (κ2) is 9.88. The van der Waals surface area contributed by atoms with E-state index >= 15 is 0 Å². The monoisotopic (exact) mass is 386 g/mol. The Kier molecular flexibility index (Phi) is 7.27. The quantitative estimate of drug-likeness (QED) is 0.790. The molecule has 1 fully saturated rings. The standard InChI is InChI=1S/C22H27ClN2O2/c1-2-17-3-7-19(8-4-17)21(25-11-13-27-14-12-25)16-24-22(26)15-18-5-9-20(23)10-6-18/h3-10,21H,2,11-16H2,1H3,(H,24,26). The van der Waals surface area contributed by atoms with Gasteiger partial charge >= 0.3 is 0 Å². The van der Waals surface area contributed by atoms with E-state index in [0.717, 1.165) is 38.3 Å². The van der Waals surface area contributed by atoms with E-state index < -0.39 is 0 Å². The Labute approximate surface area is 166 Å². The lowest BCUT2D eigenvalue weighted by molar-refractivity contribution is -0.120. The fourth-order valence-corrected chi connectivity index (χ4v) is 3.51. The van der Waals surface area contributed by atoms with Gasteiger partial charge in [-0.05, 0) is 35.2 Å². The number of amides is 1. The number of ether oxygens (including phenoxy) is 1. The number of aryl methyl sites for hydroxylation is 1. The van der Waals surface area contributed by atoms with Gasteiger partial charge in [-0.15, -0.1) is 0 Å². The van der Waals surface area contributed by atoms with Crippen LogP contribution in [-0.2, 0) is 22.4 Å². The number of morpholine rings is 1. The zero-order chi connectivity index (χ0) is 19.1. The van der Waals surface area contributed by atoms with Crippen LogP contribution in [0.3, 0.4) is 0 Å². The van der Waals surface area contributed by atoms with Crippen LogP contribution in [-0.4, -0.2) is 43.7 Å². The summed E-state index contributed by atoms with van der Waals surface area (Å²) in [7, 11) is 0. The molecule has 2 aromatic rings. The van der Waals surface area contributed by atoms with Crippen LogP contribution in [0.4, 0.5) is 0 Å². The average Bonchev–Trinajstić information content (AvgIpc) is 2.71. The molecular formula is C22H27ClN2O2. The molecule has 0 saturated carbocycles. The third kappa shape index (κ3) is 5.80. The van der Waals surface area contributed by atoms with Crippen LogP contribution in [0.2, 0.25) is 5.02 Å². The highest BCUT2D eigenvalue weighted by Crippen LogP contribution is 2.22. The fourth-order valence-electron chi connectivity index (χ4n) is 3.38. The van der Waals surface area contributed by atoms with Crippen molar-refractivity contribution in [2.24, 2.45) is 0 Å². The van der Waals surface area contributed by atoms with Crippen LogP contribution in [0, 0.1) is 0 Å². The van der Waals surface area contributed by atoms with E-state index in [-0.39, 0.29) is 11.9 Å². The van der Waals surface area contributed by atoms with E-state index in [2.05, 4.69) is 41.4 Å². The summed E-state index contributed by atoms with van der Waals surface area (Å²) in [5.74, 6) is 0.0285. The molecule has 0 aliphatic carbocycles. The second-order valence-electron chi connectivity index (χ2n) is 6.87. The molecule has 0 bridgehead atoms. The Bertz CT molecular complexity index is 725. The van der Waals surface area contributed by atoms with E-state index in [0.29, 0.717) is 18.0 Å². The summed E-state index contributed by atoms with van der Waals surface area (Å²) >= 11 is 5.91. The molecule has 1 N–H and O–H groups in total. The topological polar surface area (TPSA) is 41.6 Å². The summed E-state index contributed by atoms with van der Waals surface area (Å²) in [5, 5.41) is 3.80. The van der Waals surface area contributed by atoms with Crippen molar-refractivity contribution in [2.75, 3.05) is 32.8 Å². The van der Waals surface area contributed by atoms with E-state index in [1.165, 1.54) is 11.1 Å². The van der Waals surface area contributed by atoms with Crippen molar-refractivity contribution in [2.45, 2.75) is 25.8 Å². The minimum atomic E-state index is 0.0285. The SMILES string of the molecule is CCc1ccc(C(CNC(=O)Cc2ccc(Cl)cc2)N2CCOCC2)cc1. The normalized spacial score (nSPS) is 16.1. The maximum atomic E-state index is 12.4. The molecule has 5 heteroatoms. The molecule has 4 nitrogen and oxygen atoms in total. The molecule has 2 aromatic carbocycles. The van der Waals surface area contributed by atoms with Crippen molar-refractivity contribution < 1.29 is 9.53 Å². The number of carbonyl (C=O) groups is 1. The van der Waals surface area contributed by atoms with Crippen LogP contribution in [0.1, 0.15) is 29.7 Å². The molecule has 0 radical (unpaired) electrons. The van der Waals surface area contributed by atoms with Crippen LogP contribution < -0.4 is 5.32 Å². The van der Waals surface area contributed by atoms with E-state index in [1.807, 2.05) is 24.3 Å². The van der Waals surface area contributed by atoms with Crippen molar-refractivity contribution in [3.8, 4) is 0 Å². The fraction of sp³-hybridized carbons (Fsp3) is 0.409. The van der Waals surface area contributed by atoms with Gasteiger partial charge in [0, 0.05) is 24.7 Å². The van der Waals surface area contributed by atoms with Gasteiger partial charge in [-0.1, -0.05) is 54.9 Å². The number of hydrogen-bond donors (Lipinski definition) is 1. The summed E-state index contributed by atoms with van der Waals surface area (Å²) in [6.07, 6.45) is 1.39. The minimum Gasteiger partial charge on any atom is -0.379 e. The van der Waals surface area contributed by atoms with Crippen molar-refractivity contribution in [3.05, 3.63) is 70.2 Å². The number of rotatable bonds is 7. The van der Waals surface area contributed by atoms with Crippen LogP contribution in [0.5, 0.6) is 0 Å². The van der Waals surface area contributed by atoms with Gasteiger partial charge in [0.15, 0.2) is 0 Å².